The maximum Gasteiger partial charge on any atom is 0.351 e. The highest BCUT2D eigenvalue weighted by Crippen LogP contribution is 2.50. The highest BCUT2D eigenvalue weighted by Gasteiger charge is 2.40. The minimum absolute atomic E-state index is 0. The first-order chi connectivity index (χ1) is 13.5. The van der Waals surface area contributed by atoms with Crippen LogP contribution in [0.15, 0.2) is 35.3 Å². The first-order valence-electron chi connectivity index (χ1n) is 9.15. The fraction of sp³-hybridized carbons (Fsp3) is 0.500. The van der Waals surface area contributed by atoms with Crippen molar-refractivity contribution in [2.24, 2.45) is 22.4 Å². The summed E-state index contributed by atoms with van der Waals surface area (Å²) < 4.78 is 17.8. The number of carbonyl (C=O) groups excluding carboxylic acids is 1. The van der Waals surface area contributed by atoms with Crippen molar-refractivity contribution in [3.63, 3.8) is 0 Å². The van der Waals surface area contributed by atoms with E-state index in [0.29, 0.717) is 6.42 Å². The Morgan fingerprint density at radius 3 is 2.41 bits per heavy atom. The summed E-state index contributed by atoms with van der Waals surface area (Å²) in [5.74, 6) is -3.82. The Labute approximate surface area is 171 Å². The van der Waals surface area contributed by atoms with E-state index < -0.39 is 37.3 Å². The summed E-state index contributed by atoms with van der Waals surface area (Å²) in [7, 11) is -4.51. The lowest BCUT2D eigenvalue weighted by atomic mass is 10.1. The first kappa shape index (κ1) is 24.6. The first-order valence-corrected chi connectivity index (χ1v) is 10.8. The van der Waals surface area contributed by atoms with Crippen LogP contribution < -0.4 is 16.8 Å². The van der Waals surface area contributed by atoms with Gasteiger partial charge in [0.1, 0.15) is 5.78 Å². The molecule has 1 aromatic carbocycles. The van der Waals surface area contributed by atoms with Crippen LogP contribution in [-0.4, -0.2) is 46.3 Å². The Morgan fingerprint density at radius 1 is 1.28 bits per heavy atom. The van der Waals surface area contributed by atoms with Gasteiger partial charge < -0.3 is 26.8 Å². The standard InChI is InChI=1S/C18H29N4O6P.H2/c1-12(2)16(22-15(23)9-8-13-6-4-3-5-7-13)29(26,27)28-14(17(24)25)10-11-21-18(19)20;/h3-7,12,14,16H,8-11H2,1-2H3,(H,22,23)(H,24,25)(H,26,27)(H4,19,20,21);1H. The third-order valence-corrected chi connectivity index (χ3v) is 6.00. The number of aliphatic imine (C=N–C) groups is 1. The number of benzene rings is 1. The van der Waals surface area contributed by atoms with Crippen LogP contribution in [0.25, 0.3) is 0 Å². The van der Waals surface area contributed by atoms with Crippen LogP contribution >= 0.6 is 7.60 Å². The fourth-order valence-corrected chi connectivity index (χ4v) is 4.30. The van der Waals surface area contributed by atoms with Crippen molar-refractivity contribution in [1.29, 1.82) is 0 Å². The van der Waals surface area contributed by atoms with Gasteiger partial charge in [0, 0.05) is 20.8 Å². The average Bonchev–Trinajstić information content (AvgIpc) is 2.63. The summed E-state index contributed by atoms with van der Waals surface area (Å²) >= 11 is 0. The molecule has 0 bridgehead atoms. The van der Waals surface area contributed by atoms with Gasteiger partial charge in [-0.05, 0) is 17.9 Å². The normalized spacial score (nSPS) is 15.2. The molecule has 10 nitrogen and oxygen atoms in total. The number of nitrogens with two attached hydrogens (primary N) is 2. The molecule has 3 atom stereocenters. The number of aliphatic carboxylic acids is 1. The molecule has 11 heteroatoms. The van der Waals surface area contributed by atoms with Crippen molar-refractivity contribution in [2.75, 3.05) is 6.54 Å². The molecule has 0 aromatic heterocycles. The second-order valence-electron chi connectivity index (χ2n) is 6.83. The third-order valence-electron chi connectivity index (χ3n) is 4.01. The van der Waals surface area contributed by atoms with Gasteiger partial charge in [-0.2, -0.15) is 0 Å². The van der Waals surface area contributed by atoms with Gasteiger partial charge in [-0.1, -0.05) is 44.2 Å². The molecule has 0 saturated heterocycles. The van der Waals surface area contributed by atoms with Gasteiger partial charge >= 0.3 is 13.6 Å². The van der Waals surface area contributed by atoms with Crippen LogP contribution in [0.4, 0.5) is 0 Å². The minimum Gasteiger partial charge on any atom is -0.479 e. The Hall–Kier alpha value is -2.42. The van der Waals surface area contributed by atoms with Gasteiger partial charge in [0.05, 0.1) is 0 Å². The molecule has 3 unspecified atom stereocenters. The Morgan fingerprint density at radius 2 is 1.90 bits per heavy atom. The fourth-order valence-electron chi connectivity index (χ4n) is 2.54. The van der Waals surface area contributed by atoms with Crippen LogP contribution in [0.2, 0.25) is 0 Å². The minimum atomic E-state index is -4.51. The number of hydrogen-bond acceptors (Lipinski definition) is 5. The van der Waals surface area contributed by atoms with Gasteiger partial charge in [-0.25, -0.2) is 4.79 Å². The number of guanidine groups is 1. The van der Waals surface area contributed by atoms with Gasteiger partial charge in [0.15, 0.2) is 12.1 Å². The van der Waals surface area contributed by atoms with E-state index in [1.165, 1.54) is 0 Å². The monoisotopic (exact) mass is 430 g/mol. The van der Waals surface area contributed by atoms with E-state index in [9.17, 15) is 24.2 Å². The molecule has 0 radical (unpaired) electrons. The number of aryl methyl sites for hydroxylation is 1. The lowest BCUT2D eigenvalue weighted by Crippen LogP contribution is -2.40. The van der Waals surface area contributed by atoms with Crippen LogP contribution in [0.5, 0.6) is 0 Å². The second kappa shape index (κ2) is 11.5. The quantitative estimate of drug-likeness (QED) is 0.187. The van der Waals surface area contributed by atoms with E-state index in [2.05, 4.69) is 10.3 Å². The highest BCUT2D eigenvalue weighted by molar-refractivity contribution is 7.53. The number of nitrogens with one attached hydrogen (secondary N) is 1. The molecular weight excluding hydrogens is 399 g/mol. The maximum absolute atomic E-state index is 12.7. The number of hydrogen-bond donors (Lipinski definition) is 5. The SMILES string of the molecule is CC(C)C(NC(=O)CCc1ccccc1)P(=O)(O)OC(CCN=C(N)N)C(=O)O.[HH]. The second-order valence-corrected chi connectivity index (χ2v) is 8.73. The predicted molar refractivity (Wildman–Crippen MR) is 111 cm³/mol. The van der Waals surface area contributed by atoms with Gasteiger partial charge in [-0.15, -0.1) is 0 Å². The van der Waals surface area contributed by atoms with Crippen molar-refractivity contribution >= 4 is 25.4 Å². The molecule has 7 N–H and O–H groups in total. The molecule has 1 amide bonds. The van der Waals surface area contributed by atoms with Crippen LogP contribution in [0, 0.1) is 5.92 Å². The molecule has 0 heterocycles. The van der Waals surface area contributed by atoms with Crippen molar-refractivity contribution < 1.29 is 30.1 Å². The molecule has 164 valence electrons. The zero-order chi connectivity index (χ0) is 22.0. The number of nitrogens with zero attached hydrogens (tertiary/aromatic N) is 1. The number of rotatable bonds is 12. The molecule has 29 heavy (non-hydrogen) atoms. The van der Waals surface area contributed by atoms with Crippen LogP contribution in [0.3, 0.4) is 0 Å². The molecule has 0 saturated carbocycles. The van der Waals surface area contributed by atoms with Gasteiger partial charge in [0.25, 0.3) is 0 Å². The molecule has 0 fully saturated rings. The van der Waals surface area contributed by atoms with Crippen molar-refractivity contribution in [3.8, 4) is 0 Å². The molecule has 0 spiro atoms. The largest absolute Gasteiger partial charge is 0.479 e. The number of carboxylic acid groups (broad SMARTS) is 1. The van der Waals surface area contributed by atoms with Gasteiger partial charge in [-0.3, -0.25) is 18.9 Å². The number of amides is 1. The summed E-state index contributed by atoms with van der Waals surface area (Å²) in [4.78, 5) is 37.7. The topological polar surface area (TPSA) is 177 Å². The summed E-state index contributed by atoms with van der Waals surface area (Å²) in [6.07, 6.45) is -1.23. The number of carboxylic acids is 1. The summed E-state index contributed by atoms with van der Waals surface area (Å²) in [6, 6.07) is 9.33. The lowest BCUT2D eigenvalue weighted by Gasteiger charge is -2.28. The van der Waals surface area contributed by atoms with Crippen molar-refractivity contribution in [1.82, 2.24) is 5.32 Å². The lowest BCUT2D eigenvalue weighted by molar-refractivity contribution is -0.145. The molecule has 0 aliphatic carbocycles. The highest BCUT2D eigenvalue weighted by atomic mass is 31.2. The Kier molecular flexibility index (Phi) is 9.80. The molecule has 0 aliphatic heterocycles. The molecular formula is C18H31N4O6P. The number of carbonyl (C=O) groups is 2. The molecule has 1 rings (SSSR count). The van der Waals surface area contributed by atoms with Crippen molar-refractivity contribution in [3.05, 3.63) is 35.9 Å². The maximum atomic E-state index is 12.7. The zero-order valence-electron chi connectivity index (χ0n) is 16.5. The van der Waals surface area contributed by atoms with E-state index in [0.717, 1.165) is 5.56 Å². The average molecular weight is 430 g/mol. The Bertz CT molecular complexity index is 758. The smallest absolute Gasteiger partial charge is 0.351 e. The molecule has 1 aromatic rings. The van der Waals surface area contributed by atoms with E-state index in [4.69, 9.17) is 16.0 Å². The van der Waals surface area contributed by atoms with Gasteiger partial charge in [0.2, 0.25) is 5.91 Å². The van der Waals surface area contributed by atoms with E-state index in [1.54, 1.807) is 13.8 Å². The summed E-state index contributed by atoms with van der Waals surface area (Å²) in [5.41, 5.74) is 11.3. The van der Waals surface area contributed by atoms with E-state index >= 15 is 0 Å². The summed E-state index contributed by atoms with van der Waals surface area (Å²) in [6.45, 7) is 3.17. The molecule has 0 aliphatic rings. The predicted octanol–water partition coefficient (Wildman–Crippen LogP) is 1.28. The van der Waals surface area contributed by atoms with Crippen LogP contribution in [-0.2, 0) is 25.1 Å². The van der Waals surface area contributed by atoms with Crippen molar-refractivity contribution in [2.45, 2.75) is 45.0 Å². The summed E-state index contributed by atoms with van der Waals surface area (Å²) in [5, 5.41) is 11.8. The van der Waals surface area contributed by atoms with Crippen LogP contribution in [0.1, 0.15) is 33.7 Å². The Balaban J connectivity index is 0.00000841. The zero-order valence-corrected chi connectivity index (χ0v) is 17.4. The van der Waals surface area contributed by atoms with E-state index in [1.807, 2.05) is 30.3 Å². The third kappa shape index (κ3) is 9.08. The van der Waals surface area contributed by atoms with E-state index in [-0.39, 0.29) is 26.8 Å².